The molecule has 5 nitrogen and oxygen atoms in total. The molecule has 2 aliphatic rings. The molecule has 2 saturated heterocycles. The minimum atomic E-state index is 0.171. The van der Waals surface area contributed by atoms with Crippen LogP contribution < -0.4 is 0 Å². The first-order chi connectivity index (χ1) is 12.1. The van der Waals surface area contributed by atoms with E-state index in [-0.39, 0.29) is 5.91 Å². The molecule has 2 fully saturated rings. The first-order valence-electron chi connectivity index (χ1n) is 9.22. The van der Waals surface area contributed by atoms with E-state index >= 15 is 0 Å². The third kappa shape index (κ3) is 3.33. The molecule has 1 aromatic heterocycles. The number of rotatable bonds is 3. The van der Waals surface area contributed by atoms with Gasteiger partial charge in [0, 0.05) is 55.9 Å². The first kappa shape index (κ1) is 16.3. The summed E-state index contributed by atoms with van der Waals surface area (Å²) in [5.74, 6) is 1.40. The van der Waals surface area contributed by atoms with E-state index in [0.29, 0.717) is 17.9 Å². The van der Waals surface area contributed by atoms with E-state index in [1.807, 2.05) is 35.0 Å². The molecule has 0 spiro atoms. The van der Waals surface area contributed by atoms with Crippen molar-refractivity contribution in [3.8, 4) is 5.69 Å². The predicted molar refractivity (Wildman–Crippen MR) is 97.8 cm³/mol. The van der Waals surface area contributed by atoms with Gasteiger partial charge >= 0.3 is 0 Å². The van der Waals surface area contributed by atoms with Gasteiger partial charge in [-0.3, -0.25) is 4.79 Å². The summed E-state index contributed by atoms with van der Waals surface area (Å²) >= 11 is 0. The number of hydrogen-bond donors (Lipinski definition) is 0. The molecule has 1 aromatic carbocycles. The van der Waals surface area contributed by atoms with Crippen molar-refractivity contribution in [2.45, 2.75) is 26.3 Å². The van der Waals surface area contributed by atoms with Gasteiger partial charge in [0.15, 0.2) is 0 Å². The van der Waals surface area contributed by atoms with Gasteiger partial charge in [-0.05, 0) is 56.4 Å². The summed E-state index contributed by atoms with van der Waals surface area (Å²) in [6.45, 7) is 8.57. The molecule has 0 unspecified atom stereocenters. The van der Waals surface area contributed by atoms with E-state index < -0.39 is 0 Å². The molecule has 0 aliphatic carbocycles. The average Bonchev–Trinajstić information content (AvgIpc) is 3.15. The number of imidazole rings is 1. The normalized spacial score (nSPS) is 23.9. The van der Waals surface area contributed by atoms with E-state index in [0.717, 1.165) is 37.4 Å². The third-order valence-electron chi connectivity index (χ3n) is 5.54. The number of carbonyl (C=O) groups is 1. The lowest BCUT2D eigenvalue weighted by molar-refractivity contribution is 0.0168. The number of benzene rings is 1. The molecule has 132 valence electrons. The highest BCUT2D eigenvalue weighted by atomic mass is 16.2. The molecular formula is C20H26N4O. The number of amides is 1. The topological polar surface area (TPSA) is 41.4 Å². The van der Waals surface area contributed by atoms with Gasteiger partial charge in [0.1, 0.15) is 0 Å². The Labute approximate surface area is 149 Å². The molecule has 0 N–H and O–H groups in total. The minimum Gasteiger partial charge on any atom is -0.338 e. The lowest BCUT2D eigenvalue weighted by Crippen LogP contribution is -2.55. The highest BCUT2D eigenvalue weighted by Crippen LogP contribution is 2.30. The van der Waals surface area contributed by atoms with Gasteiger partial charge in [0.2, 0.25) is 0 Å². The van der Waals surface area contributed by atoms with E-state index in [4.69, 9.17) is 0 Å². The van der Waals surface area contributed by atoms with Crippen LogP contribution in [0.4, 0.5) is 0 Å². The van der Waals surface area contributed by atoms with Gasteiger partial charge in [-0.25, -0.2) is 4.98 Å². The van der Waals surface area contributed by atoms with Crippen molar-refractivity contribution in [3.05, 3.63) is 48.5 Å². The van der Waals surface area contributed by atoms with Gasteiger partial charge in [-0.1, -0.05) is 0 Å². The molecule has 0 saturated carbocycles. The molecule has 1 amide bonds. The monoisotopic (exact) mass is 338 g/mol. The van der Waals surface area contributed by atoms with Gasteiger partial charge in [-0.2, -0.15) is 0 Å². The Hall–Kier alpha value is -2.14. The SMILES string of the molecule is CC(C)N1C[C@@H]2C[C@@H](CN(C(=O)c3ccc(-n4ccnc4)cc3)C2)C1. The second-order valence-corrected chi connectivity index (χ2v) is 7.74. The molecule has 25 heavy (non-hydrogen) atoms. The number of fused-ring (bicyclic) bond motifs is 2. The summed E-state index contributed by atoms with van der Waals surface area (Å²) in [5, 5.41) is 0. The number of piperidine rings is 2. The van der Waals surface area contributed by atoms with Crippen molar-refractivity contribution in [1.29, 1.82) is 0 Å². The van der Waals surface area contributed by atoms with Crippen molar-refractivity contribution >= 4 is 5.91 Å². The summed E-state index contributed by atoms with van der Waals surface area (Å²) in [6, 6.07) is 8.44. The van der Waals surface area contributed by atoms with Crippen LogP contribution in [-0.2, 0) is 0 Å². The average molecular weight is 338 g/mol. The molecule has 5 heteroatoms. The van der Waals surface area contributed by atoms with Gasteiger partial charge in [-0.15, -0.1) is 0 Å². The van der Waals surface area contributed by atoms with Crippen LogP contribution in [0.1, 0.15) is 30.6 Å². The molecule has 2 aromatic rings. The maximum Gasteiger partial charge on any atom is 0.253 e. The maximum atomic E-state index is 12.9. The summed E-state index contributed by atoms with van der Waals surface area (Å²) in [6.07, 6.45) is 6.70. The van der Waals surface area contributed by atoms with E-state index in [9.17, 15) is 4.79 Å². The summed E-state index contributed by atoms with van der Waals surface area (Å²) in [4.78, 5) is 21.6. The third-order valence-corrected chi connectivity index (χ3v) is 5.54. The maximum absolute atomic E-state index is 12.9. The number of carbonyl (C=O) groups excluding carboxylic acids is 1. The molecule has 2 aliphatic heterocycles. The van der Waals surface area contributed by atoms with E-state index in [2.05, 4.69) is 28.6 Å². The molecule has 2 atom stereocenters. The molecular weight excluding hydrogens is 312 g/mol. The van der Waals surface area contributed by atoms with Crippen LogP contribution in [0.5, 0.6) is 0 Å². The fourth-order valence-electron chi connectivity index (χ4n) is 4.28. The lowest BCUT2D eigenvalue weighted by atomic mass is 9.84. The molecule has 0 radical (unpaired) electrons. The Bertz CT molecular complexity index is 709. The quantitative estimate of drug-likeness (QED) is 0.864. The van der Waals surface area contributed by atoms with Crippen LogP contribution in [-0.4, -0.2) is 57.5 Å². The largest absolute Gasteiger partial charge is 0.338 e. The van der Waals surface area contributed by atoms with Crippen LogP contribution in [0, 0.1) is 11.8 Å². The van der Waals surface area contributed by atoms with Crippen molar-refractivity contribution < 1.29 is 4.79 Å². The fraction of sp³-hybridized carbons (Fsp3) is 0.500. The zero-order chi connectivity index (χ0) is 17.4. The van der Waals surface area contributed by atoms with Crippen LogP contribution in [0.15, 0.2) is 43.0 Å². The van der Waals surface area contributed by atoms with Crippen molar-refractivity contribution in [1.82, 2.24) is 19.4 Å². The van der Waals surface area contributed by atoms with Crippen LogP contribution in [0.2, 0.25) is 0 Å². The number of likely N-dealkylation sites (tertiary alicyclic amines) is 2. The van der Waals surface area contributed by atoms with Crippen molar-refractivity contribution in [2.24, 2.45) is 11.8 Å². The smallest absolute Gasteiger partial charge is 0.253 e. The van der Waals surface area contributed by atoms with Gasteiger partial charge < -0.3 is 14.4 Å². The van der Waals surface area contributed by atoms with E-state index in [1.54, 1.807) is 12.5 Å². The van der Waals surface area contributed by atoms with Gasteiger partial charge in [0.05, 0.1) is 6.33 Å². The summed E-state index contributed by atoms with van der Waals surface area (Å²) < 4.78 is 1.94. The second kappa shape index (κ2) is 6.64. The van der Waals surface area contributed by atoms with Crippen molar-refractivity contribution in [3.63, 3.8) is 0 Å². The minimum absolute atomic E-state index is 0.171. The standard InChI is InChI=1S/C20H26N4O/c1-15(2)23-10-16-9-17(11-23)13-24(12-16)20(25)18-3-5-19(6-4-18)22-8-7-21-14-22/h3-8,14-17H,9-13H2,1-2H3/t16-,17+. The van der Waals surface area contributed by atoms with E-state index in [1.165, 1.54) is 6.42 Å². The highest BCUT2D eigenvalue weighted by Gasteiger charge is 2.36. The second-order valence-electron chi connectivity index (χ2n) is 7.74. The number of hydrogen-bond acceptors (Lipinski definition) is 3. The van der Waals surface area contributed by atoms with Crippen LogP contribution in [0.25, 0.3) is 5.69 Å². The highest BCUT2D eigenvalue weighted by molar-refractivity contribution is 5.94. The van der Waals surface area contributed by atoms with Crippen LogP contribution >= 0.6 is 0 Å². The first-order valence-corrected chi connectivity index (χ1v) is 9.22. The Morgan fingerprint density at radius 1 is 1.08 bits per heavy atom. The molecule has 2 bridgehead atoms. The Kier molecular flexibility index (Phi) is 4.34. The van der Waals surface area contributed by atoms with Crippen LogP contribution in [0.3, 0.4) is 0 Å². The predicted octanol–water partition coefficient (Wildman–Crippen LogP) is 2.67. The van der Waals surface area contributed by atoms with Gasteiger partial charge in [0.25, 0.3) is 5.91 Å². The Morgan fingerprint density at radius 3 is 2.32 bits per heavy atom. The zero-order valence-electron chi connectivity index (χ0n) is 15.0. The molecule has 3 heterocycles. The Morgan fingerprint density at radius 2 is 1.76 bits per heavy atom. The fourth-order valence-corrected chi connectivity index (χ4v) is 4.28. The molecule has 4 rings (SSSR count). The summed E-state index contributed by atoms with van der Waals surface area (Å²) in [5.41, 5.74) is 1.81. The lowest BCUT2D eigenvalue weighted by Gasteiger charge is -2.47. The number of nitrogens with zero attached hydrogens (tertiary/aromatic N) is 4. The number of aromatic nitrogens is 2. The Balaban J connectivity index is 1.45. The van der Waals surface area contributed by atoms with Crippen molar-refractivity contribution in [2.75, 3.05) is 26.2 Å². The summed E-state index contributed by atoms with van der Waals surface area (Å²) in [7, 11) is 0. The zero-order valence-corrected chi connectivity index (χ0v) is 15.0.